The van der Waals surface area contributed by atoms with Crippen LogP contribution in [-0.4, -0.2) is 26.7 Å². The molecule has 0 bridgehead atoms. The minimum absolute atomic E-state index is 0.136. The average molecular weight is 291 g/mol. The van der Waals surface area contributed by atoms with E-state index in [0.29, 0.717) is 13.2 Å². The standard InChI is InChI=1S/C17H25NO3/c1-20-12-11-17(9-3-4-10-17)16(19)18-15-7-5-14(6-8-15)13-21-2/h5-8H,3-4,9-13H2,1-2H3,(H,18,19). The van der Waals surface area contributed by atoms with Crippen LogP contribution in [-0.2, 0) is 20.9 Å². The van der Waals surface area contributed by atoms with Crippen molar-refractivity contribution in [1.29, 1.82) is 0 Å². The van der Waals surface area contributed by atoms with Crippen molar-refractivity contribution in [2.45, 2.75) is 38.7 Å². The fourth-order valence-corrected chi connectivity index (χ4v) is 3.05. The number of hydrogen-bond donors (Lipinski definition) is 1. The van der Waals surface area contributed by atoms with Gasteiger partial charge in [-0.25, -0.2) is 0 Å². The van der Waals surface area contributed by atoms with E-state index in [0.717, 1.165) is 43.4 Å². The molecule has 0 aliphatic heterocycles. The summed E-state index contributed by atoms with van der Waals surface area (Å²) in [6.07, 6.45) is 4.98. The molecule has 2 rings (SSSR count). The van der Waals surface area contributed by atoms with Crippen molar-refractivity contribution in [3.8, 4) is 0 Å². The van der Waals surface area contributed by atoms with Gasteiger partial charge in [0.25, 0.3) is 0 Å². The zero-order valence-corrected chi connectivity index (χ0v) is 13.0. The van der Waals surface area contributed by atoms with Gasteiger partial charge in [0.1, 0.15) is 0 Å². The molecule has 0 atom stereocenters. The van der Waals surface area contributed by atoms with E-state index in [1.54, 1.807) is 14.2 Å². The summed E-state index contributed by atoms with van der Waals surface area (Å²) in [6.45, 7) is 1.23. The third-order valence-electron chi connectivity index (χ3n) is 4.35. The number of methoxy groups -OCH3 is 2. The summed E-state index contributed by atoms with van der Waals surface area (Å²) in [4.78, 5) is 12.7. The molecular weight excluding hydrogens is 266 g/mol. The fourth-order valence-electron chi connectivity index (χ4n) is 3.05. The monoisotopic (exact) mass is 291 g/mol. The molecule has 1 aromatic rings. The number of carbonyl (C=O) groups excluding carboxylic acids is 1. The predicted molar refractivity (Wildman–Crippen MR) is 83.2 cm³/mol. The van der Waals surface area contributed by atoms with Crippen LogP contribution in [0.5, 0.6) is 0 Å². The van der Waals surface area contributed by atoms with Gasteiger partial charge in [-0.1, -0.05) is 25.0 Å². The van der Waals surface area contributed by atoms with Gasteiger partial charge in [-0.2, -0.15) is 0 Å². The van der Waals surface area contributed by atoms with Gasteiger partial charge >= 0.3 is 0 Å². The zero-order chi connectivity index (χ0) is 15.1. The van der Waals surface area contributed by atoms with Gasteiger partial charge in [0.2, 0.25) is 5.91 Å². The molecule has 0 radical (unpaired) electrons. The Kier molecular flexibility index (Phi) is 5.76. The highest BCUT2D eigenvalue weighted by atomic mass is 16.5. The fraction of sp³-hybridized carbons (Fsp3) is 0.588. The molecule has 0 unspecified atom stereocenters. The minimum atomic E-state index is -0.249. The van der Waals surface area contributed by atoms with Crippen LogP contribution in [0.1, 0.15) is 37.7 Å². The maximum absolute atomic E-state index is 12.7. The SMILES string of the molecule is COCCC1(C(=O)Nc2ccc(COC)cc2)CCCC1. The van der Waals surface area contributed by atoms with Gasteiger partial charge in [0.05, 0.1) is 12.0 Å². The van der Waals surface area contributed by atoms with Gasteiger partial charge in [-0.3, -0.25) is 4.79 Å². The molecule has 0 spiro atoms. The first-order valence-electron chi connectivity index (χ1n) is 7.58. The summed E-state index contributed by atoms with van der Waals surface area (Å²) in [5, 5.41) is 3.07. The zero-order valence-electron chi connectivity index (χ0n) is 13.0. The lowest BCUT2D eigenvalue weighted by Crippen LogP contribution is -2.34. The number of carbonyl (C=O) groups is 1. The smallest absolute Gasteiger partial charge is 0.230 e. The van der Waals surface area contributed by atoms with Crippen LogP contribution in [0.15, 0.2) is 24.3 Å². The van der Waals surface area contributed by atoms with Crippen LogP contribution in [0, 0.1) is 5.41 Å². The molecule has 1 saturated carbocycles. The van der Waals surface area contributed by atoms with E-state index >= 15 is 0 Å². The van der Waals surface area contributed by atoms with Gasteiger partial charge in [0, 0.05) is 26.5 Å². The predicted octanol–water partition coefficient (Wildman–Crippen LogP) is 3.37. The Morgan fingerprint density at radius 3 is 2.38 bits per heavy atom. The van der Waals surface area contributed by atoms with Crippen LogP contribution >= 0.6 is 0 Å². The highest BCUT2D eigenvalue weighted by molar-refractivity contribution is 5.95. The van der Waals surface area contributed by atoms with E-state index < -0.39 is 0 Å². The molecule has 21 heavy (non-hydrogen) atoms. The molecule has 0 aromatic heterocycles. The first kappa shape index (κ1) is 16.0. The van der Waals surface area contributed by atoms with Crippen molar-refractivity contribution < 1.29 is 14.3 Å². The average Bonchev–Trinajstić information content (AvgIpc) is 2.97. The molecular formula is C17H25NO3. The van der Waals surface area contributed by atoms with E-state index in [1.807, 2.05) is 24.3 Å². The summed E-state index contributed by atoms with van der Waals surface area (Å²) in [5.41, 5.74) is 1.70. The Bertz CT molecular complexity index is 450. The molecule has 4 nitrogen and oxygen atoms in total. The number of hydrogen-bond acceptors (Lipinski definition) is 3. The first-order chi connectivity index (χ1) is 10.2. The van der Waals surface area contributed by atoms with Crippen molar-refractivity contribution in [3.05, 3.63) is 29.8 Å². The van der Waals surface area contributed by atoms with Gasteiger partial charge < -0.3 is 14.8 Å². The van der Waals surface area contributed by atoms with E-state index in [4.69, 9.17) is 9.47 Å². The summed E-state index contributed by atoms with van der Waals surface area (Å²) >= 11 is 0. The van der Waals surface area contributed by atoms with Crippen molar-refractivity contribution in [3.63, 3.8) is 0 Å². The maximum Gasteiger partial charge on any atom is 0.230 e. The normalized spacial score (nSPS) is 16.9. The lowest BCUT2D eigenvalue weighted by atomic mass is 9.82. The second kappa shape index (κ2) is 7.57. The summed E-state index contributed by atoms with van der Waals surface area (Å²) in [5.74, 6) is 0.136. The van der Waals surface area contributed by atoms with Gasteiger partial charge in [-0.15, -0.1) is 0 Å². The van der Waals surface area contributed by atoms with Crippen LogP contribution < -0.4 is 5.32 Å². The number of rotatable bonds is 7. The Balaban J connectivity index is 2.01. The van der Waals surface area contributed by atoms with Crippen molar-refractivity contribution in [1.82, 2.24) is 0 Å². The molecule has 1 N–H and O–H groups in total. The Morgan fingerprint density at radius 2 is 1.81 bits per heavy atom. The molecule has 1 aliphatic carbocycles. The number of ether oxygens (including phenoxy) is 2. The molecule has 1 amide bonds. The van der Waals surface area contributed by atoms with Crippen molar-refractivity contribution in [2.24, 2.45) is 5.41 Å². The maximum atomic E-state index is 12.7. The lowest BCUT2D eigenvalue weighted by molar-refractivity contribution is -0.126. The quantitative estimate of drug-likeness (QED) is 0.838. The van der Waals surface area contributed by atoms with Crippen LogP contribution in [0.2, 0.25) is 0 Å². The van der Waals surface area contributed by atoms with E-state index in [2.05, 4.69) is 5.32 Å². The Labute approximate surface area is 126 Å². The van der Waals surface area contributed by atoms with E-state index in [9.17, 15) is 4.79 Å². The third-order valence-corrected chi connectivity index (χ3v) is 4.35. The highest BCUT2D eigenvalue weighted by Gasteiger charge is 2.40. The minimum Gasteiger partial charge on any atom is -0.385 e. The highest BCUT2D eigenvalue weighted by Crippen LogP contribution is 2.42. The molecule has 1 aromatic carbocycles. The van der Waals surface area contributed by atoms with Crippen LogP contribution in [0.3, 0.4) is 0 Å². The molecule has 0 saturated heterocycles. The number of anilines is 1. The second-order valence-electron chi connectivity index (χ2n) is 5.81. The van der Waals surface area contributed by atoms with Crippen LogP contribution in [0.4, 0.5) is 5.69 Å². The number of amides is 1. The third kappa shape index (κ3) is 4.05. The molecule has 0 heterocycles. The molecule has 116 valence electrons. The molecule has 1 aliphatic rings. The summed E-state index contributed by atoms with van der Waals surface area (Å²) in [6, 6.07) is 7.83. The van der Waals surface area contributed by atoms with Gasteiger partial charge in [-0.05, 0) is 37.0 Å². The Hall–Kier alpha value is -1.39. The van der Waals surface area contributed by atoms with E-state index in [1.165, 1.54) is 0 Å². The second-order valence-corrected chi connectivity index (χ2v) is 5.81. The lowest BCUT2D eigenvalue weighted by Gasteiger charge is -2.27. The topological polar surface area (TPSA) is 47.6 Å². The van der Waals surface area contributed by atoms with Crippen molar-refractivity contribution >= 4 is 11.6 Å². The number of benzene rings is 1. The van der Waals surface area contributed by atoms with Crippen molar-refractivity contribution in [2.75, 3.05) is 26.1 Å². The number of nitrogens with one attached hydrogen (secondary N) is 1. The largest absolute Gasteiger partial charge is 0.385 e. The van der Waals surface area contributed by atoms with Gasteiger partial charge in [0.15, 0.2) is 0 Å². The van der Waals surface area contributed by atoms with E-state index in [-0.39, 0.29) is 11.3 Å². The molecule has 1 fully saturated rings. The summed E-state index contributed by atoms with van der Waals surface area (Å²) < 4.78 is 10.3. The first-order valence-corrected chi connectivity index (χ1v) is 7.58. The Morgan fingerprint density at radius 1 is 1.14 bits per heavy atom. The van der Waals surface area contributed by atoms with Crippen LogP contribution in [0.25, 0.3) is 0 Å². The summed E-state index contributed by atoms with van der Waals surface area (Å²) in [7, 11) is 3.37. The molecule has 4 heteroatoms.